The molecular formula is C18H25N3O3. The molecule has 3 fully saturated rings. The molecule has 2 aliphatic heterocycles. The van der Waals surface area contributed by atoms with Gasteiger partial charge in [0.15, 0.2) is 0 Å². The summed E-state index contributed by atoms with van der Waals surface area (Å²) in [6.45, 7) is 3.41. The van der Waals surface area contributed by atoms with Crippen LogP contribution in [-0.4, -0.2) is 47.9 Å². The molecule has 1 N–H and O–H groups in total. The van der Waals surface area contributed by atoms with Gasteiger partial charge in [0.05, 0.1) is 18.2 Å². The van der Waals surface area contributed by atoms with Crippen LogP contribution in [0.25, 0.3) is 0 Å². The lowest BCUT2D eigenvalue weighted by Gasteiger charge is -2.39. The average Bonchev–Trinajstić information content (AvgIpc) is 3.09. The van der Waals surface area contributed by atoms with Crippen molar-refractivity contribution in [3.8, 4) is 0 Å². The lowest BCUT2D eigenvalue weighted by atomic mass is 9.78. The fourth-order valence-electron chi connectivity index (χ4n) is 4.05. The smallest absolute Gasteiger partial charge is 0.317 e. The Balaban J connectivity index is 1.35. The molecule has 3 heterocycles. The molecule has 2 saturated heterocycles. The number of nitrogens with zero attached hydrogens (tertiary/aromatic N) is 2. The summed E-state index contributed by atoms with van der Waals surface area (Å²) in [6.07, 6.45) is 6.88. The third-order valence-corrected chi connectivity index (χ3v) is 5.63. The molecule has 1 aliphatic carbocycles. The van der Waals surface area contributed by atoms with Crippen molar-refractivity contribution in [2.24, 2.45) is 11.3 Å². The maximum atomic E-state index is 13.0. The van der Waals surface area contributed by atoms with E-state index in [1.165, 1.54) is 12.8 Å². The molecule has 0 unspecified atom stereocenters. The van der Waals surface area contributed by atoms with E-state index in [9.17, 15) is 9.59 Å². The van der Waals surface area contributed by atoms with Gasteiger partial charge in [-0.2, -0.15) is 0 Å². The standard InChI is InChI=1S/C18H25N3O3/c22-16-18(6-2-8-20(16)12-14-4-5-14)7-9-21(13-18)17(23)19-11-15-3-1-10-24-15/h1,3,10,14H,2,4-9,11-13H2,(H,19,23)/t18-/m1/s1. The lowest BCUT2D eigenvalue weighted by molar-refractivity contribution is -0.145. The number of urea groups is 1. The topological polar surface area (TPSA) is 65.8 Å². The van der Waals surface area contributed by atoms with Crippen molar-refractivity contribution in [2.45, 2.75) is 38.6 Å². The molecule has 0 aromatic carbocycles. The van der Waals surface area contributed by atoms with Crippen LogP contribution >= 0.6 is 0 Å². The molecule has 1 spiro atoms. The van der Waals surface area contributed by atoms with Gasteiger partial charge in [-0.05, 0) is 50.2 Å². The lowest BCUT2D eigenvalue weighted by Crippen LogP contribution is -2.51. The van der Waals surface area contributed by atoms with Crippen LogP contribution in [0, 0.1) is 11.3 Å². The van der Waals surface area contributed by atoms with Gasteiger partial charge in [-0.3, -0.25) is 4.79 Å². The Labute approximate surface area is 142 Å². The monoisotopic (exact) mass is 331 g/mol. The second-order valence-corrected chi connectivity index (χ2v) is 7.49. The SMILES string of the molecule is O=C(NCc1ccco1)N1CC[C@]2(CCCN(CC3CC3)C2=O)C1. The molecule has 24 heavy (non-hydrogen) atoms. The zero-order chi connectivity index (χ0) is 16.6. The zero-order valence-electron chi connectivity index (χ0n) is 14.0. The summed E-state index contributed by atoms with van der Waals surface area (Å²) in [7, 11) is 0. The molecule has 130 valence electrons. The van der Waals surface area contributed by atoms with E-state index in [1.807, 2.05) is 12.1 Å². The number of carbonyl (C=O) groups excluding carboxylic acids is 2. The van der Waals surface area contributed by atoms with Gasteiger partial charge in [0, 0.05) is 26.2 Å². The maximum Gasteiger partial charge on any atom is 0.317 e. The first-order chi connectivity index (χ1) is 11.7. The van der Waals surface area contributed by atoms with Crippen molar-refractivity contribution in [2.75, 3.05) is 26.2 Å². The van der Waals surface area contributed by atoms with E-state index >= 15 is 0 Å². The van der Waals surface area contributed by atoms with Gasteiger partial charge in [-0.1, -0.05) is 0 Å². The number of rotatable bonds is 4. The van der Waals surface area contributed by atoms with Gasteiger partial charge in [-0.15, -0.1) is 0 Å². The molecule has 6 heteroatoms. The number of hydrogen-bond donors (Lipinski definition) is 1. The van der Waals surface area contributed by atoms with Crippen LogP contribution in [0.1, 0.15) is 37.9 Å². The van der Waals surface area contributed by atoms with Crippen LogP contribution < -0.4 is 5.32 Å². The van der Waals surface area contributed by atoms with E-state index in [0.717, 1.165) is 44.0 Å². The van der Waals surface area contributed by atoms with Crippen molar-refractivity contribution < 1.29 is 14.0 Å². The fraction of sp³-hybridized carbons (Fsp3) is 0.667. The van der Waals surface area contributed by atoms with Gasteiger partial charge in [0.25, 0.3) is 0 Å². The van der Waals surface area contributed by atoms with Crippen LogP contribution in [0.4, 0.5) is 4.79 Å². The summed E-state index contributed by atoms with van der Waals surface area (Å²) < 4.78 is 5.24. The van der Waals surface area contributed by atoms with Gasteiger partial charge in [0.1, 0.15) is 5.76 Å². The highest BCUT2D eigenvalue weighted by molar-refractivity contribution is 5.85. The third-order valence-electron chi connectivity index (χ3n) is 5.63. The first kappa shape index (κ1) is 15.5. The Hall–Kier alpha value is -1.98. The minimum absolute atomic E-state index is 0.101. The number of carbonyl (C=O) groups is 2. The van der Waals surface area contributed by atoms with Crippen molar-refractivity contribution in [1.82, 2.24) is 15.1 Å². The van der Waals surface area contributed by atoms with E-state index in [1.54, 1.807) is 11.2 Å². The van der Waals surface area contributed by atoms with Crippen molar-refractivity contribution >= 4 is 11.9 Å². The molecule has 0 radical (unpaired) electrons. The highest BCUT2D eigenvalue weighted by Crippen LogP contribution is 2.41. The molecule has 0 bridgehead atoms. The molecule has 1 saturated carbocycles. The number of hydrogen-bond acceptors (Lipinski definition) is 3. The van der Waals surface area contributed by atoms with E-state index < -0.39 is 0 Å². The number of likely N-dealkylation sites (tertiary alicyclic amines) is 2. The molecule has 1 atom stereocenters. The second kappa shape index (κ2) is 6.15. The molecular weight excluding hydrogens is 306 g/mol. The Morgan fingerprint density at radius 2 is 2.21 bits per heavy atom. The summed E-state index contributed by atoms with van der Waals surface area (Å²) in [5, 5.41) is 2.89. The van der Waals surface area contributed by atoms with Gasteiger partial charge in [0.2, 0.25) is 5.91 Å². The van der Waals surface area contributed by atoms with Crippen molar-refractivity contribution in [1.29, 1.82) is 0 Å². The minimum atomic E-state index is -0.338. The number of furan rings is 1. The summed E-state index contributed by atoms with van der Waals surface area (Å²) >= 11 is 0. The summed E-state index contributed by atoms with van der Waals surface area (Å²) in [5.74, 6) is 1.74. The van der Waals surface area contributed by atoms with E-state index in [2.05, 4.69) is 10.2 Å². The van der Waals surface area contributed by atoms with Crippen molar-refractivity contribution in [3.63, 3.8) is 0 Å². The van der Waals surface area contributed by atoms with E-state index in [0.29, 0.717) is 19.6 Å². The summed E-state index contributed by atoms with van der Waals surface area (Å²) in [5.41, 5.74) is -0.338. The van der Waals surface area contributed by atoms with Crippen LogP contribution in [-0.2, 0) is 11.3 Å². The molecule has 3 amide bonds. The summed E-state index contributed by atoms with van der Waals surface area (Å²) in [4.78, 5) is 29.2. The van der Waals surface area contributed by atoms with E-state index in [4.69, 9.17) is 4.42 Å². The van der Waals surface area contributed by atoms with E-state index in [-0.39, 0.29) is 17.4 Å². The Kier molecular flexibility index (Phi) is 3.98. The second-order valence-electron chi connectivity index (χ2n) is 7.49. The van der Waals surface area contributed by atoms with Crippen LogP contribution in [0.15, 0.2) is 22.8 Å². The van der Waals surface area contributed by atoms with Gasteiger partial charge >= 0.3 is 6.03 Å². The molecule has 3 aliphatic rings. The minimum Gasteiger partial charge on any atom is -0.467 e. The maximum absolute atomic E-state index is 13.0. The molecule has 6 nitrogen and oxygen atoms in total. The Bertz CT molecular complexity index is 611. The Morgan fingerprint density at radius 3 is 2.96 bits per heavy atom. The van der Waals surface area contributed by atoms with Crippen molar-refractivity contribution in [3.05, 3.63) is 24.2 Å². The predicted octanol–water partition coefficient (Wildman–Crippen LogP) is 2.21. The molecule has 1 aromatic rings. The zero-order valence-corrected chi connectivity index (χ0v) is 14.0. The molecule has 1 aromatic heterocycles. The summed E-state index contributed by atoms with van der Waals surface area (Å²) in [6, 6.07) is 3.54. The highest BCUT2D eigenvalue weighted by atomic mass is 16.3. The quantitative estimate of drug-likeness (QED) is 0.920. The normalized spacial score (nSPS) is 27.1. The van der Waals surface area contributed by atoms with Gasteiger partial charge in [-0.25, -0.2) is 4.79 Å². The molecule has 4 rings (SSSR count). The first-order valence-electron chi connectivity index (χ1n) is 9.01. The number of amides is 3. The van der Waals surface area contributed by atoms with Gasteiger partial charge < -0.3 is 19.5 Å². The number of piperidine rings is 1. The largest absolute Gasteiger partial charge is 0.467 e. The number of nitrogens with one attached hydrogen (secondary N) is 1. The Morgan fingerprint density at radius 1 is 1.33 bits per heavy atom. The van der Waals surface area contributed by atoms with Crippen LogP contribution in [0.2, 0.25) is 0 Å². The van der Waals surface area contributed by atoms with Crippen LogP contribution in [0.3, 0.4) is 0 Å². The third kappa shape index (κ3) is 3.01. The highest BCUT2D eigenvalue weighted by Gasteiger charge is 2.49. The van der Waals surface area contributed by atoms with Crippen LogP contribution in [0.5, 0.6) is 0 Å². The fourth-order valence-corrected chi connectivity index (χ4v) is 4.05. The predicted molar refractivity (Wildman–Crippen MR) is 88.1 cm³/mol. The first-order valence-corrected chi connectivity index (χ1v) is 9.01. The average molecular weight is 331 g/mol.